The number of nitrogens with one attached hydrogen (secondary N) is 2. The van der Waals surface area contributed by atoms with Crippen LogP contribution in [0.1, 0.15) is 13.3 Å². The molecule has 0 saturated carbocycles. The van der Waals surface area contributed by atoms with Gasteiger partial charge in [0.2, 0.25) is 11.8 Å². The van der Waals surface area contributed by atoms with Crippen molar-refractivity contribution in [2.75, 3.05) is 6.54 Å². The van der Waals surface area contributed by atoms with Gasteiger partial charge in [0.05, 0.1) is 12.6 Å². The highest BCUT2D eigenvalue weighted by Crippen LogP contribution is 2.01. The molecule has 14 heavy (non-hydrogen) atoms. The van der Waals surface area contributed by atoms with Gasteiger partial charge in [0.1, 0.15) is 0 Å². The van der Waals surface area contributed by atoms with Gasteiger partial charge in [-0.05, 0) is 6.42 Å². The number of hydrogen-bond acceptors (Lipinski definition) is 2. The molecule has 1 aliphatic carbocycles. The first-order valence-corrected chi connectivity index (χ1v) is 4.55. The van der Waals surface area contributed by atoms with Crippen molar-refractivity contribution in [1.29, 1.82) is 0 Å². The summed E-state index contributed by atoms with van der Waals surface area (Å²) in [6.07, 6.45) is 8.56. The van der Waals surface area contributed by atoms with Crippen molar-refractivity contribution < 1.29 is 9.59 Å². The van der Waals surface area contributed by atoms with Gasteiger partial charge in [0, 0.05) is 6.92 Å². The van der Waals surface area contributed by atoms with Crippen LogP contribution in [0.2, 0.25) is 0 Å². The highest BCUT2D eigenvalue weighted by molar-refractivity contribution is 5.83. The van der Waals surface area contributed by atoms with Gasteiger partial charge in [0.25, 0.3) is 0 Å². The van der Waals surface area contributed by atoms with Gasteiger partial charge in [-0.1, -0.05) is 24.3 Å². The highest BCUT2D eigenvalue weighted by atomic mass is 16.2. The third-order valence-corrected chi connectivity index (χ3v) is 1.82. The first kappa shape index (κ1) is 10.5. The van der Waals surface area contributed by atoms with Gasteiger partial charge in [-0.2, -0.15) is 0 Å². The highest BCUT2D eigenvalue weighted by Gasteiger charge is 2.08. The van der Waals surface area contributed by atoms with E-state index in [-0.39, 0.29) is 24.4 Å². The molecule has 2 amide bonds. The number of carbonyl (C=O) groups is 2. The van der Waals surface area contributed by atoms with Gasteiger partial charge < -0.3 is 10.6 Å². The van der Waals surface area contributed by atoms with Crippen LogP contribution in [-0.2, 0) is 9.59 Å². The molecule has 0 saturated heterocycles. The van der Waals surface area contributed by atoms with Crippen LogP contribution in [0.3, 0.4) is 0 Å². The third-order valence-electron chi connectivity index (χ3n) is 1.82. The molecule has 1 rings (SSSR count). The fraction of sp³-hybridized carbons (Fsp3) is 0.400. The average molecular weight is 194 g/mol. The molecule has 2 N–H and O–H groups in total. The van der Waals surface area contributed by atoms with Crippen molar-refractivity contribution in [3.8, 4) is 0 Å². The molecule has 1 atom stereocenters. The molecule has 0 spiro atoms. The van der Waals surface area contributed by atoms with E-state index >= 15 is 0 Å². The normalized spacial score (nSPS) is 19.1. The third kappa shape index (κ3) is 3.89. The van der Waals surface area contributed by atoms with Gasteiger partial charge in [-0.25, -0.2) is 0 Å². The average Bonchev–Trinajstić information content (AvgIpc) is 2.16. The first-order valence-electron chi connectivity index (χ1n) is 4.55. The zero-order valence-electron chi connectivity index (χ0n) is 8.12. The molecule has 0 radical (unpaired) electrons. The van der Waals surface area contributed by atoms with E-state index in [1.54, 1.807) is 0 Å². The van der Waals surface area contributed by atoms with Crippen LogP contribution in [0.15, 0.2) is 24.3 Å². The number of allylic oxidation sites excluding steroid dienone is 2. The molecule has 4 nitrogen and oxygen atoms in total. The summed E-state index contributed by atoms with van der Waals surface area (Å²) < 4.78 is 0. The van der Waals surface area contributed by atoms with Crippen LogP contribution in [0.4, 0.5) is 0 Å². The molecule has 0 bridgehead atoms. The summed E-state index contributed by atoms with van der Waals surface area (Å²) in [6.45, 7) is 1.43. The number of hydrogen-bond donors (Lipinski definition) is 2. The van der Waals surface area contributed by atoms with Crippen molar-refractivity contribution in [2.45, 2.75) is 19.4 Å². The predicted octanol–water partition coefficient (Wildman–Crippen LogP) is 0.123. The molecular formula is C10H14N2O2. The fourth-order valence-electron chi connectivity index (χ4n) is 1.15. The van der Waals surface area contributed by atoms with E-state index < -0.39 is 0 Å². The summed E-state index contributed by atoms with van der Waals surface area (Å²) in [5.74, 6) is -0.357. The number of carbonyl (C=O) groups excluding carboxylic acids is 2. The van der Waals surface area contributed by atoms with Crippen molar-refractivity contribution >= 4 is 11.8 Å². The Bertz CT molecular complexity index is 282. The van der Waals surface area contributed by atoms with E-state index in [2.05, 4.69) is 10.6 Å². The van der Waals surface area contributed by atoms with Crippen LogP contribution < -0.4 is 10.6 Å². The SMILES string of the molecule is CC(=O)NCC(=O)NC1C=CC=CC1. The van der Waals surface area contributed by atoms with Gasteiger partial charge in [-0.15, -0.1) is 0 Å². The summed E-state index contributed by atoms with van der Waals surface area (Å²) in [5, 5.41) is 5.22. The lowest BCUT2D eigenvalue weighted by molar-refractivity contribution is -0.125. The molecule has 0 aliphatic heterocycles. The van der Waals surface area contributed by atoms with Gasteiger partial charge in [-0.3, -0.25) is 9.59 Å². The lowest BCUT2D eigenvalue weighted by Crippen LogP contribution is -2.40. The fourth-order valence-corrected chi connectivity index (χ4v) is 1.15. The van der Waals surface area contributed by atoms with Crippen LogP contribution >= 0.6 is 0 Å². The molecule has 0 fully saturated rings. The topological polar surface area (TPSA) is 58.2 Å². The summed E-state index contributed by atoms with van der Waals surface area (Å²) in [5.41, 5.74) is 0. The van der Waals surface area contributed by atoms with Crippen molar-refractivity contribution in [1.82, 2.24) is 10.6 Å². The largest absolute Gasteiger partial charge is 0.348 e. The van der Waals surface area contributed by atoms with E-state index in [1.165, 1.54) is 6.92 Å². The van der Waals surface area contributed by atoms with Crippen LogP contribution in [-0.4, -0.2) is 24.4 Å². The van der Waals surface area contributed by atoms with Crippen molar-refractivity contribution in [3.63, 3.8) is 0 Å². The Morgan fingerprint density at radius 3 is 2.79 bits per heavy atom. The monoisotopic (exact) mass is 194 g/mol. The van der Waals surface area contributed by atoms with Gasteiger partial charge >= 0.3 is 0 Å². The molecular weight excluding hydrogens is 180 g/mol. The second-order valence-corrected chi connectivity index (χ2v) is 3.13. The molecule has 1 aliphatic rings. The lowest BCUT2D eigenvalue weighted by atomic mass is 10.1. The number of rotatable bonds is 3. The molecule has 0 aromatic rings. The summed E-state index contributed by atoms with van der Waals surface area (Å²) in [4.78, 5) is 21.8. The molecule has 0 heterocycles. The van der Waals surface area contributed by atoms with Crippen LogP contribution in [0.25, 0.3) is 0 Å². The Hall–Kier alpha value is -1.58. The maximum Gasteiger partial charge on any atom is 0.239 e. The summed E-state index contributed by atoms with van der Waals surface area (Å²) in [6, 6.07) is 0.0567. The van der Waals surface area contributed by atoms with E-state index in [4.69, 9.17) is 0 Å². The van der Waals surface area contributed by atoms with Crippen molar-refractivity contribution in [3.05, 3.63) is 24.3 Å². The minimum absolute atomic E-state index is 0.0450. The summed E-state index contributed by atoms with van der Waals surface area (Å²) in [7, 11) is 0. The Labute approximate surface area is 83.1 Å². The standard InChI is InChI=1S/C10H14N2O2/c1-8(13)11-7-10(14)12-9-5-3-2-4-6-9/h2-5,9H,6-7H2,1H3,(H,11,13)(H,12,14). The zero-order valence-corrected chi connectivity index (χ0v) is 8.12. The van der Waals surface area contributed by atoms with E-state index in [9.17, 15) is 9.59 Å². The second kappa shape index (κ2) is 5.21. The minimum atomic E-state index is -0.195. The van der Waals surface area contributed by atoms with Crippen LogP contribution in [0.5, 0.6) is 0 Å². The number of amides is 2. The molecule has 4 heteroatoms. The predicted molar refractivity (Wildman–Crippen MR) is 53.5 cm³/mol. The van der Waals surface area contributed by atoms with E-state index in [0.717, 1.165) is 6.42 Å². The Morgan fingerprint density at radius 1 is 1.43 bits per heavy atom. The Morgan fingerprint density at radius 2 is 2.21 bits per heavy atom. The first-order chi connectivity index (χ1) is 6.68. The second-order valence-electron chi connectivity index (χ2n) is 3.13. The molecule has 76 valence electrons. The van der Waals surface area contributed by atoms with Crippen molar-refractivity contribution in [2.24, 2.45) is 0 Å². The lowest BCUT2D eigenvalue weighted by Gasteiger charge is -2.14. The van der Waals surface area contributed by atoms with Crippen LogP contribution in [0, 0.1) is 0 Å². The molecule has 0 aromatic heterocycles. The quantitative estimate of drug-likeness (QED) is 0.670. The smallest absolute Gasteiger partial charge is 0.239 e. The molecule has 1 unspecified atom stereocenters. The Balaban J connectivity index is 2.23. The minimum Gasteiger partial charge on any atom is -0.348 e. The maximum absolute atomic E-state index is 11.2. The zero-order chi connectivity index (χ0) is 10.4. The van der Waals surface area contributed by atoms with E-state index in [0.29, 0.717) is 0 Å². The maximum atomic E-state index is 11.2. The Kier molecular flexibility index (Phi) is 3.91. The summed E-state index contributed by atoms with van der Waals surface area (Å²) >= 11 is 0. The van der Waals surface area contributed by atoms with Gasteiger partial charge in [0.15, 0.2) is 0 Å². The molecule has 0 aromatic carbocycles. The van der Waals surface area contributed by atoms with E-state index in [1.807, 2.05) is 24.3 Å².